The molecular formula is C18H17N5O3. The highest BCUT2D eigenvalue weighted by Crippen LogP contribution is 2.31. The number of nitro benzene ring substituents is 1. The third-order valence-corrected chi connectivity index (χ3v) is 4.03. The average Bonchev–Trinajstić information content (AvgIpc) is 3.06. The Morgan fingerprint density at radius 2 is 2.00 bits per heavy atom. The molecule has 3 aromatic rings. The zero-order valence-corrected chi connectivity index (χ0v) is 14.0. The number of imidazole rings is 1. The summed E-state index contributed by atoms with van der Waals surface area (Å²) < 4.78 is 1.84. The number of nitrogens with two attached hydrogens (primary N) is 1. The minimum Gasteiger partial charge on any atom is -0.366 e. The molecule has 132 valence electrons. The summed E-state index contributed by atoms with van der Waals surface area (Å²) in [6.45, 7) is 0. The first kappa shape index (κ1) is 17.2. The van der Waals surface area contributed by atoms with Crippen molar-refractivity contribution >= 4 is 17.3 Å². The summed E-state index contributed by atoms with van der Waals surface area (Å²) >= 11 is 0. The average molecular weight is 351 g/mol. The van der Waals surface area contributed by atoms with Crippen LogP contribution in [0.1, 0.15) is 27.8 Å². The van der Waals surface area contributed by atoms with E-state index >= 15 is 0 Å². The Hall–Kier alpha value is -3.68. The van der Waals surface area contributed by atoms with Gasteiger partial charge in [-0.15, -0.1) is 0 Å². The first-order valence-corrected chi connectivity index (χ1v) is 7.84. The van der Waals surface area contributed by atoms with Gasteiger partial charge in [0.2, 0.25) is 5.91 Å². The Kier molecular flexibility index (Phi) is 4.66. The third kappa shape index (κ3) is 3.39. The Balaban J connectivity index is 2.07. The van der Waals surface area contributed by atoms with Crippen LogP contribution >= 0.6 is 0 Å². The summed E-state index contributed by atoms with van der Waals surface area (Å²) in [5.41, 5.74) is 6.25. The van der Waals surface area contributed by atoms with Gasteiger partial charge in [-0.2, -0.15) is 0 Å². The van der Waals surface area contributed by atoms with E-state index in [1.807, 2.05) is 41.9 Å². The van der Waals surface area contributed by atoms with Gasteiger partial charge in [-0.05, 0) is 17.7 Å². The second-order valence-corrected chi connectivity index (χ2v) is 5.74. The number of aromatic nitrogens is 2. The lowest BCUT2D eigenvalue weighted by atomic mass is 10.0. The van der Waals surface area contributed by atoms with E-state index in [-0.39, 0.29) is 16.9 Å². The number of anilines is 1. The van der Waals surface area contributed by atoms with Crippen molar-refractivity contribution in [3.05, 3.63) is 88.0 Å². The van der Waals surface area contributed by atoms with Crippen molar-refractivity contribution in [2.24, 2.45) is 12.8 Å². The molecule has 3 rings (SSSR count). The Bertz CT molecular complexity index is 952. The quantitative estimate of drug-likeness (QED) is 0.523. The highest BCUT2D eigenvalue weighted by molar-refractivity contribution is 5.94. The van der Waals surface area contributed by atoms with Gasteiger partial charge < -0.3 is 15.6 Å². The smallest absolute Gasteiger partial charge is 0.293 e. The highest BCUT2D eigenvalue weighted by atomic mass is 16.6. The minimum absolute atomic E-state index is 0.0792. The van der Waals surface area contributed by atoms with E-state index in [4.69, 9.17) is 5.73 Å². The fourth-order valence-electron chi connectivity index (χ4n) is 2.71. The molecule has 1 amide bonds. The fourth-order valence-corrected chi connectivity index (χ4v) is 2.71. The number of carbonyl (C=O) groups is 1. The largest absolute Gasteiger partial charge is 0.366 e. The van der Waals surface area contributed by atoms with Crippen LogP contribution in [-0.2, 0) is 7.05 Å². The maximum absolute atomic E-state index is 11.5. The molecule has 0 saturated carbocycles. The molecule has 8 heteroatoms. The van der Waals surface area contributed by atoms with E-state index in [9.17, 15) is 14.9 Å². The van der Waals surface area contributed by atoms with Crippen LogP contribution in [0.15, 0.2) is 60.9 Å². The number of rotatable bonds is 6. The lowest BCUT2D eigenvalue weighted by Crippen LogP contribution is -2.18. The summed E-state index contributed by atoms with van der Waals surface area (Å²) in [6, 6.07) is 13.2. The van der Waals surface area contributed by atoms with E-state index in [1.165, 1.54) is 18.2 Å². The van der Waals surface area contributed by atoms with Crippen LogP contribution < -0.4 is 11.1 Å². The number of primary amides is 1. The topological polar surface area (TPSA) is 116 Å². The molecule has 2 aromatic carbocycles. The number of benzene rings is 2. The third-order valence-electron chi connectivity index (χ3n) is 4.03. The fraction of sp³-hybridized carbons (Fsp3) is 0.111. The van der Waals surface area contributed by atoms with Crippen LogP contribution in [0.4, 0.5) is 11.4 Å². The summed E-state index contributed by atoms with van der Waals surface area (Å²) in [5, 5.41) is 14.6. The number of carbonyl (C=O) groups excluding carboxylic acids is 1. The van der Waals surface area contributed by atoms with Gasteiger partial charge in [-0.1, -0.05) is 30.3 Å². The van der Waals surface area contributed by atoms with Crippen molar-refractivity contribution in [3.63, 3.8) is 0 Å². The van der Waals surface area contributed by atoms with Crippen molar-refractivity contribution in [1.82, 2.24) is 9.55 Å². The molecule has 3 N–H and O–H groups in total. The number of aryl methyl sites for hydroxylation is 1. The Morgan fingerprint density at radius 1 is 1.27 bits per heavy atom. The van der Waals surface area contributed by atoms with Gasteiger partial charge in [0.25, 0.3) is 5.69 Å². The molecule has 0 spiro atoms. The molecule has 0 aliphatic carbocycles. The number of nitrogens with zero attached hydrogens (tertiary/aromatic N) is 3. The molecule has 0 saturated heterocycles. The first-order chi connectivity index (χ1) is 12.5. The molecule has 0 fully saturated rings. The van der Waals surface area contributed by atoms with E-state index in [2.05, 4.69) is 10.3 Å². The minimum atomic E-state index is -0.719. The number of hydrogen-bond donors (Lipinski definition) is 2. The van der Waals surface area contributed by atoms with Gasteiger partial charge in [0.1, 0.15) is 17.6 Å². The van der Waals surface area contributed by atoms with E-state index in [1.54, 1.807) is 12.4 Å². The number of nitrogens with one attached hydrogen (secondary N) is 1. The summed E-state index contributed by atoms with van der Waals surface area (Å²) in [4.78, 5) is 26.6. The molecule has 1 atom stereocenters. The molecule has 0 aliphatic heterocycles. The normalized spacial score (nSPS) is 11.7. The van der Waals surface area contributed by atoms with Crippen molar-refractivity contribution in [2.45, 2.75) is 6.04 Å². The monoisotopic (exact) mass is 351 g/mol. The van der Waals surface area contributed by atoms with Crippen LogP contribution in [0.2, 0.25) is 0 Å². The highest BCUT2D eigenvalue weighted by Gasteiger charge is 2.23. The van der Waals surface area contributed by atoms with Gasteiger partial charge in [0.15, 0.2) is 0 Å². The van der Waals surface area contributed by atoms with Gasteiger partial charge in [0.05, 0.1) is 4.92 Å². The van der Waals surface area contributed by atoms with Gasteiger partial charge >= 0.3 is 0 Å². The van der Waals surface area contributed by atoms with Crippen LogP contribution in [0.5, 0.6) is 0 Å². The molecule has 1 heterocycles. The van der Waals surface area contributed by atoms with Crippen LogP contribution in [0.25, 0.3) is 0 Å². The molecule has 0 bridgehead atoms. The first-order valence-electron chi connectivity index (χ1n) is 7.84. The van der Waals surface area contributed by atoms with Crippen LogP contribution in [0, 0.1) is 10.1 Å². The molecule has 0 radical (unpaired) electrons. The van der Waals surface area contributed by atoms with Crippen molar-refractivity contribution in [2.75, 3.05) is 5.32 Å². The lowest BCUT2D eigenvalue weighted by molar-refractivity contribution is -0.384. The number of hydrogen-bond acceptors (Lipinski definition) is 5. The second-order valence-electron chi connectivity index (χ2n) is 5.74. The van der Waals surface area contributed by atoms with Gasteiger partial charge in [-0.3, -0.25) is 14.9 Å². The second kappa shape index (κ2) is 7.06. The number of nitro groups is 1. The standard InChI is InChI=1S/C18H17N5O3/c1-22-10-9-20-18(22)16(12-5-3-2-4-6-12)21-14-8-7-13(17(19)24)11-15(14)23(25)26/h2-11,16,21H,1H3,(H2,19,24). The molecule has 1 aromatic heterocycles. The summed E-state index contributed by atoms with van der Waals surface area (Å²) in [7, 11) is 1.85. The van der Waals surface area contributed by atoms with Crippen molar-refractivity contribution in [3.8, 4) is 0 Å². The Labute approximate surface area is 149 Å². The molecular weight excluding hydrogens is 334 g/mol. The molecule has 1 unspecified atom stereocenters. The maximum atomic E-state index is 11.5. The van der Waals surface area contributed by atoms with Crippen molar-refractivity contribution < 1.29 is 9.72 Å². The summed E-state index contributed by atoms with van der Waals surface area (Å²) in [5.74, 6) is -0.0205. The van der Waals surface area contributed by atoms with E-state index in [0.29, 0.717) is 5.82 Å². The summed E-state index contributed by atoms with van der Waals surface area (Å²) in [6.07, 6.45) is 3.47. The van der Waals surface area contributed by atoms with E-state index in [0.717, 1.165) is 5.56 Å². The SMILES string of the molecule is Cn1ccnc1C(Nc1ccc(C(N)=O)cc1[N+](=O)[O-])c1ccccc1. The lowest BCUT2D eigenvalue weighted by Gasteiger charge is -2.20. The Morgan fingerprint density at radius 3 is 2.58 bits per heavy atom. The maximum Gasteiger partial charge on any atom is 0.293 e. The van der Waals surface area contributed by atoms with Crippen molar-refractivity contribution in [1.29, 1.82) is 0 Å². The predicted molar refractivity (Wildman–Crippen MR) is 96.7 cm³/mol. The molecule has 8 nitrogen and oxygen atoms in total. The zero-order valence-electron chi connectivity index (χ0n) is 14.0. The molecule has 26 heavy (non-hydrogen) atoms. The zero-order chi connectivity index (χ0) is 18.7. The van der Waals surface area contributed by atoms with Crippen LogP contribution in [0.3, 0.4) is 0 Å². The van der Waals surface area contributed by atoms with Gasteiger partial charge in [0, 0.05) is 31.1 Å². The molecule has 0 aliphatic rings. The predicted octanol–water partition coefficient (Wildman–Crippen LogP) is 2.63. The van der Waals surface area contributed by atoms with Gasteiger partial charge in [-0.25, -0.2) is 4.98 Å². The van der Waals surface area contributed by atoms with E-state index < -0.39 is 16.9 Å². The number of amides is 1. The van der Waals surface area contributed by atoms with Crippen LogP contribution in [-0.4, -0.2) is 20.4 Å².